The lowest BCUT2D eigenvalue weighted by molar-refractivity contribution is -0.117. The maximum absolute atomic E-state index is 12.6. The number of carbonyl (C=O) groups is 1. The van der Waals surface area contributed by atoms with Gasteiger partial charge in [0.05, 0.1) is 6.10 Å². The first-order chi connectivity index (χ1) is 12.2. The lowest BCUT2D eigenvalue weighted by atomic mass is 9.86. The number of hydrogen-bond donors (Lipinski definition) is 2. The number of rotatable bonds is 5. The Bertz CT molecular complexity index is 610. The fourth-order valence-corrected chi connectivity index (χ4v) is 5.16. The predicted molar refractivity (Wildman–Crippen MR) is 99.1 cm³/mol. The number of nitrogens with zero attached hydrogens (tertiary/aromatic N) is 1. The second kappa shape index (κ2) is 7.46. The van der Waals surface area contributed by atoms with Crippen LogP contribution < -0.4 is 5.32 Å². The van der Waals surface area contributed by atoms with Gasteiger partial charge in [0.25, 0.3) is 0 Å². The molecule has 2 N–H and O–H groups in total. The standard InChI is InChI=1S/C21H30N2O2/c24-19-7-9-23(10-8-19)14-17-3-1-2-4-20(17)22-21(25)13-18-12-15-5-6-16(18)11-15/h1-4,15-16,18-19,24H,5-14H2,(H,22,25). The van der Waals surface area contributed by atoms with Crippen molar-refractivity contribution < 1.29 is 9.90 Å². The number of likely N-dealkylation sites (tertiary alicyclic amines) is 1. The Morgan fingerprint density at radius 3 is 2.64 bits per heavy atom. The summed E-state index contributed by atoms with van der Waals surface area (Å²) in [5.74, 6) is 2.48. The Morgan fingerprint density at radius 1 is 1.12 bits per heavy atom. The zero-order valence-electron chi connectivity index (χ0n) is 15.0. The fourth-order valence-electron chi connectivity index (χ4n) is 5.16. The number of anilines is 1. The summed E-state index contributed by atoms with van der Waals surface area (Å²) in [6, 6.07) is 8.17. The van der Waals surface area contributed by atoms with Crippen molar-refractivity contribution in [3.8, 4) is 0 Å². The Balaban J connectivity index is 1.34. The van der Waals surface area contributed by atoms with Gasteiger partial charge >= 0.3 is 0 Å². The summed E-state index contributed by atoms with van der Waals surface area (Å²) in [5.41, 5.74) is 2.14. The molecular weight excluding hydrogens is 312 g/mol. The number of para-hydroxylation sites is 1. The van der Waals surface area contributed by atoms with Crippen molar-refractivity contribution >= 4 is 11.6 Å². The van der Waals surface area contributed by atoms with E-state index < -0.39 is 0 Å². The fraction of sp³-hybridized carbons (Fsp3) is 0.667. The lowest BCUT2D eigenvalue weighted by Crippen LogP contribution is -2.35. The summed E-state index contributed by atoms with van der Waals surface area (Å²) in [7, 11) is 0. The van der Waals surface area contributed by atoms with Crippen LogP contribution in [-0.4, -0.2) is 35.1 Å². The molecule has 2 saturated carbocycles. The summed E-state index contributed by atoms with van der Waals surface area (Å²) in [5, 5.41) is 12.8. The van der Waals surface area contributed by atoms with Gasteiger partial charge in [0.15, 0.2) is 0 Å². The molecule has 2 aliphatic carbocycles. The number of amides is 1. The minimum absolute atomic E-state index is 0.145. The number of fused-ring (bicyclic) bond motifs is 2. The van der Waals surface area contributed by atoms with E-state index >= 15 is 0 Å². The van der Waals surface area contributed by atoms with Gasteiger partial charge in [-0.15, -0.1) is 0 Å². The summed E-state index contributed by atoms with van der Waals surface area (Å²) in [6.07, 6.45) is 7.57. The third-order valence-corrected chi connectivity index (χ3v) is 6.57. The van der Waals surface area contributed by atoms with Crippen molar-refractivity contribution in [3.63, 3.8) is 0 Å². The molecule has 4 nitrogen and oxygen atoms in total. The molecule has 1 saturated heterocycles. The lowest BCUT2D eigenvalue weighted by Gasteiger charge is -2.30. The first kappa shape index (κ1) is 17.0. The van der Waals surface area contributed by atoms with Crippen LogP contribution in [0.25, 0.3) is 0 Å². The molecule has 3 unspecified atom stereocenters. The van der Waals surface area contributed by atoms with Gasteiger partial charge in [-0.05, 0) is 61.5 Å². The average molecular weight is 342 g/mol. The molecule has 1 aliphatic heterocycles. The van der Waals surface area contributed by atoms with E-state index in [1.807, 2.05) is 18.2 Å². The monoisotopic (exact) mass is 342 g/mol. The molecule has 1 heterocycles. The number of benzene rings is 1. The molecule has 3 fully saturated rings. The zero-order chi connectivity index (χ0) is 17.2. The van der Waals surface area contributed by atoms with Crippen molar-refractivity contribution in [2.45, 2.75) is 57.6 Å². The van der Waals surface area contributed by atoms with E-state index in [0.717, 1.165) is 50.0 Å². The van der Waals surface area contributed by atoms with E-state index in [1.54, 1.807) is 0 Å². The van der Waals surface area contributed by atoms with Gasteiger partial charge < -0.3 is 10.4 Å². The minimum atomic E-state index is -0.145. The molecular formula is C21H30N2O2. The Hall–Kier alpha value is -1.39. The van der Waals surface area contributed by atoms with Gasteiger partial charge in [0, 0.05) is 31.7 Å². The van der Waals surface area contributed by atoms with Crippen LogP contribution in [0, 0.1) is 17.8 Å². The highest BCUT2D eigenvalue weighted by Gasteiger charge is 2.40. The van der Waals surface area contributed by atoms with Gasteiger partial charge in [0.2, 0.25) is 5.91 Å². The van der Waals surface area contributed by atoms with Crippen LogP contribution in [0.15, 0.2) is 24.3 Å². The first-order valence-corrected chi connectivity index (χ1v) is 9.95. The van der Waals surface area contributed by atoms with E-state index in [2.05, 4.69) is 16.3 Å². The molecule has 1 amide bonds. The van der Waals surface area contributed by atoms with Crippen molar-refractivity contribution in [1.82, 2.24) is 4.90 Å². The van der Waals surface area contributed by atoms with E-state index in [9.17, 15) is 9.90 Å². The van der Waals surface area contributed by atoms with Crippen LogP contribution in [0.5, 0.6) is 0 Å². The predicted octanol–water partition coefficient (Wildman–Crippen LogP) is 3.41. The van der Waals surface area contributed by atoms with Gasteiger partial charge in [-0.3, -0.25) is 9.69 Å². The van der Waals surface area contributed by atoms with Crippen molar-refractivity contribution in [2.24, 2.45) is 17.8 Å². The normalized spacial score (nSPS) is 29.9. The molecule has 1 aromatic rings. The molecule has 2 bridgehead atoms. The van der Waals surface area contributed by atoms with E-state index in [0.29, 0.717) is 12.3 Å². The summed E-state index contributed by atoms with van der Waals surface area (Å²) in [6.45, 7) is 2.69. The molecule has 3 aliphatic rings. The third-order valence-electron chi connectivity index (χ3n) is 6.57. The van der Waals surface area contributed by atoms with Crippen LogP contribution in [0.4, 0.5) is 5.69 Å². The van der Waals surface area contributed by atoms with E-state index in [4.69, 9.17) is 0 Å². The number of nitrogens with one attached hydrogen (secondary N) is 1. The van der Waals surface area contributed by atoms with E-state index in [1.165, 1.54) is 31.2 Å². The second-order valence-corrected chi connectivity index (χ2v) is 8.35. The Morgan fingerprint density at radius 2 is 1.92 bits per heavy atom. The Kier molecular flexibility index (Phi) is 5.09. The highest BCUT2D eigenvalue weighted by Crippen LogP contribution is 2.49. The molecule has 0 aromatic heterocycles. The van der Waals surface area contributed by atoms with Crippen molar-refractivity contribution in [3.05, 3.63) is 29.8 Å². The number of aliphatic hydroxyl groups excluding tert-OH is 1. The maximum Gasteiger partial charge on any atom is 0.224 e. The maximum atomic E-state index is 12.6. The number of carbonyl (C=O) groups excluding carboxylic acids is 1. The van der Waals surface area contributed by atoms with Gasteiger partial charge in [-0.1, -0.05) is 24.6 Å². The molecule has 0 radical (unpaired) electrons. The average Bonchev–Trinajstić information content (AvgIpc) is 3.21. The van der Waals surface area contributed by atoms with Crippen molar-refractivity contribution in [2.75, 3.05) is 18.4 Å². The van der Waals surface area contributed by atoms with Crippen LogP contribution >= 0.6 is 0 Å². The second-order valence-electron chi connectivity index (χ2n) is 8.35. The Labute approximate surface area is 150 Å². The zero-order valence-corrected chi connectivity index (χ0v) is 15.0. The smallest absolute Gasteiger partial charge is 0.224 e. The van der Waals surface area contributed by atoms with Gasteiger partial charge in [-0.25, -0.2) is 0 Å². The minimum Gasteiger partial charge on any atom is -0.393 e. The highest BCUT2D eigenvalue weighted by atomic mass is 16.3. The highest BCUT2D eigenvalue weighted by molar-refractivity contribution is 5.91. The summed E-state index contributed by atoms with van der Waals surface area (Å²) in [4.78, 5) is 14.9. The molecule has 4 heteroatoms. The van der Waals surface area contributed by atoms with Crippen LogP contribution in [0.3, 0.4) is 0 Å². The molecule has 0 spiro atoms. The molecule has 136 valence electrons. The van der Waals surface area contributed by atoms with Gasteiger partial charge in [-0.2, -0.15) is 0 Å². The van der Waals surface area contributed by atoms with Crippen molar-refractivity contribution in [1.29, 1.82) is 0 Å². The number of hydrogen-bond acceptors (Lipinski definition) is 3. The number of piperidine rings is 1. The first-order valence-electron chi connectivity index (χ1n) is 9.95. The molecule has 4 rings (SSSR count). The third kappa shape index (κ3) is 4.06. The quantitative estimate of drug-likeness (QED) is 0.862. The topological polar surface area (TPSA) is 52.6 Å². The van der Waals surface area contributed by atoms with Gasteiger partial charge in [0.1, 0.15) is 0 Å². The SMILES string of the molecule is O=C(CC1CC2CCC1C2)Nc1ccccc1CN1CCC(O)CC1. The van der Waals surface area contributed by atoms with Crippen LogP contribution in [0.2, 0.25) is 0 Å². The van der Waals surface area contributed by atoms with E-state index in [-0.39, 0.29) is 12.0 Å². The molecule has 25 heavy (non-hydrogen) atoms. The summed E-state index contributed by atoms with van der Waals surface area (Å²) < 4.78 is 0. The number of aliphatic hydroxyl groups is 1. The van der Waals surface area contributed by atoms with Crippen LogP contribution in [-0.2, 0) is 11.3 Å². The summed E-state index contributed by atoms with van der Waals surface area (Å²) >= 11 is 0. The molecule has 3 atom stereocenters. The molecule has 1 aromatic carbocycles. The van der Waals surface area contributed by atoms with Crippen LogP contribution in [0.1, 0.15) is 50.5 Å². The largest absolute Gasteiger partial charge is 0.393 e.